The third-order valence-electron chi connectivity index (χ3n) is 7.65. The van der Waals surface area contributed by atoms with Crippen LogP contribution >= 0.6 is 34.5 Å². The van der Waals surface area contributed by atoms with E-state index in [4.69, 9.17) is 19.2 Å². The zero-order valence-electron chi connectivity index (χ0n) is 22.3. The Morgan fingerprint density at radius 3 is 2.56 bits per heavy atom. The third kappa shape index (κ3) is 4.26. The molecule has 39 heavy (non-hydrogen) atoms. The van der Waals surface area contributed by atoms with Gasteiger partial charge in [0.15, 0.2) is 0 Å². The van der Waals surface area contributed by atoms with Crippen molar-refractivity contribution < 1.29 is 14.3 Å². The number of esters is 1. The Bertz CT molecular complexity index is 1570. The molecule has 10 heteroatoms. The molecular weight excluding hydrogens is 595 g/mol. The third-order valence-corrected chi connectivity index (χ3v) is 13.1. The molecule has 0 amide bonds. The van der Waals surface area contributed by atoms with Crippen molar-refractivity contribution in [3.05, 3.63) is 80.5 Å². The smallest absolute Gasteiger partial charge is 0.348 e. The van der Waals surface area contributed by atoms with Crippen molar-refractivity contribution in [2.45, 2.75) is 19.3 Å². The number of para-hydroxylation sites is 1. The van der Waals surface area contributed by atoms with E-state index in [9.17, 15) is 4.79 Å². The molecule has 1 aromatic heterocycles. The van der Waals surface area contributed by atoms with Gasteiger partial charge in [0.25, 0.3) is 0 Å². The molecule has 7 nitrogen and oxygen atoms in total. The second-order valence-electron chi connectivity index (χ2n) is 10.2. The highest BCUT2D eigenvalue weighted by molar-refractivity contribution is 9.10. The number of hydrogen-bond acceptors (Lipinski definition) is 7. The van der Waals surface area contributed by atoms with Gasteiger partial charge in [-0.25, -0.2) is 14.5 Å². The summed E-state index contributed by atoms with van der Waals surface area (Å²) in [4.78, 5) is 20.5. The largest absolute Gasteiger partial charge is 0.465 e. The van der Waals surface area contributed by atoms with Crippen molar-refractivity contribution in [3.8, 4) is 0 Å². The highest BCUT2D eigenvalue weighted by atomic mass is 79.9. The number of aliphatic imine (C=N–C) groups is 1. The Hall–Kier alpha value is -2.55. The Labute approximate surface area is 241 Å². The van der Waals surface area contributed by atoms with Crippen LogP contribution in [-0.4, -0.2) is 57.3 Å². The predicted octanol–water partition coefficient (Wildman–Crippen LogP) is 7.06. The molecule has 6 rings (SSSR count). The summed E-state index contributed by atoms with van der Waals surface area (Å²) < 4.78 is 20.1. The summed E-state index contributed by atoms with van der Waals surface area (Å²) in [5.74, 6) is -0.353. The molecule has 1 fully saturated rings. The standard InChI is InChI=1S/C29H30BrN4O3PS/c1-29(2)21-7-5-6-8-22(21)33(3)26(29)24-18-31-27-23(17-25(39-27)28(35)36-4)38(24,34-13-15-37-16-14-34)32-20-11-9-19(30)10-12-20/h5-12,17-18H,13-16H2,1-4H3/b26-24+/t38-/m0/s1. The van der Waals surface area contributed by atoms with Crippen LogP contribution < -0.4 is 10.2 Å². The number of hydrogen-bond donors (Lipinski definition) is 0. The number of likely N-dealkylation sites (N-methyl/N-ethyl adjacent to an activating group) is 1. The number of morpholine rings is 1. The molecular formula is C29H30BrN4O3PS. The van der Waals surface area contributed by atoms with Crippen LogP contribution in [0.1, 0.15) is 29.1 Å². The van der Waals surface area contributed by atoms with Crippen LogP contribution in [0.2, 0.25) is 0 Å². The number of halogens is 1. The molecule has 0 bridgehead atoms. The quantitative estimate of drug-likeness (QED) is 0.231. The van der Waals surface area contributed by atoms with Gasteiger partial charge in [0.1, 0.15) is 17.1 Å². The van der Waals surface area contributed by atoms with Gasteiger partial charge >= 0.3 is 5.97 Å². The maximum absolute atomic E-state index is 12.7. The Morgan fingerprint density at radius 2 is 1.87 bits per heavy atom. The number of fused-ring (bicyclic) bond motifs is 2. The summed E-state index contributed by atoms with van der Waals surface area (Å²) in [5.41, 5.74) is 4.26. The monoisotopic (exact) mass is 624 g/mol. The summed E-state index contributed by atoms with van der Waals surface area (Å²) in [5, 5.41) is 2.93. The van der Waals surface area contributed by atoms with Crippen molar-refractivity contribution in [2.24, 2.45) is 9.74 Å². The number of ether oxygens (including phenoxy) is 2. The van der Waals surface area contributed by atoms with Gasteiger partial charge in [0.2, 0.25) is 0 Å². The SMILES string of the molecule is COC(=O)c1cc2c(s1)N=C/C(=C1\N(C)c3ccccc3C1(C)C)[P@@]2(=Nc1ccc(Br)cc1)N1CCOCC1. The zero-order chi connectivity index (χ0) is 27.4. The van der Waals surface area contributed by atoms with Gasteiger partial charge < -0.3 is 14.4 Å². The Morgan fingerprint density at radius 1 is 1.15 bits per heavy atom. The van der Waals surface area contributed by atoms with Gasteiger partial charge in [-0.1, -0.05) is 48.0 Å². The minimum atomic E-state index is -2.67. The first-order valence-corrected chi connectivity index (χ1v) is 16.1. The van der Waals surface area contributed by atoms with E-state index >= 15 is 0 Å². The molecule has 3 aliphatic heterocycles. The average molecular weight is 626 g/mol. The number of thiophene rings is 1. The highest BCUT2D eigenvalue weighted by Crippen LogP contribution is 2.67. The molecule has 0 unspecified atom stereocenters. The van der Waals surface area contributed by atoms with Crippen LogP contribution in [0.15, 0.2) is 79.8 Å². The Kier molecular flexibility index (Phi) is 6.92. The number of carbonyl (C=O) groups excluding carboxylic acids is 1. The first-order chi connectivity index (χ1) is 18.8. The van der Waals surface area contributed by atoms with Crippen LogP contribution in [0.4, 0.5) is 16.4 Å². The second kappa shape index (κ2) is 10.1. The summed E-state index contributed by atoms with van der Waals surface area (Å²) in [6.07, 6.45) is 2.02. The molecule has 1 atom stereocenters. The minimum absolute atomic E-state index is 0.280. The number of carbonyl (C=O) groups is 1. The molecule has 2 aromatic carbocycles. The number of allylic oxidation sites excluding steroid dienone is 2. The lowest BCUT2D eigenvalue weighted by atomic mass is 9.84. The van der Waals surface area contributed by atoms with Gasteiger partial charge in [-0.2, -0.15) is 0 Å². The molecule has 0 aliphatic carbocycles. The van der Waals surface area contributed by atoms with Crippen LogP contribution in [0.25, 0.3) is 0 Å². The maximum Gasteiger partial charge on any atom is 0.348 e. The van der Waals surface area contributed by atoms with Crippen LogP contribution in [0.3, 0.4) is 0 Å². The first kappa shape index (κ1) is 26.7. The van der Waals surface area contributed by atoms with Crippen LogP contribution in [-0.2, 0) is 14.9 Å². The first-order valence-electron chi connectivity index (χ1n) is 12.8. The molecule has 202 valence electrons. The molecule has 1 saturated heterocycles. The van der Waals surface area contributed by atoms with E-state index < -0.39 is 7.21 Å². The van der Waals surface area contributed by atoms with Gasteiger partial charge in [0.05, 0.1) is 26.0 Å². The Balaban J connectivity index is 1.73. The molecule has 0 N–H and O–H groups in total. The molecule has 3 aromatic rings. The van der Waals surface area contributed by atoms with E-state index in [0.717, 1.165) is 38.9 Å². The summed E-state index contributed by atoms with van der Waals surface area (Å²) in [6, 6.07) is 18.7. The van der Waals surface area contributed by atoms with E-state index in [2.05, 4.69) is 70.7 Å². The highest BCUT2D eigenvalue weighted by Gasteiger charge is 2.48. The number of rotatable bonds is 3. The molecule has 3 aliphatic rings. The maximum atomic E-state index is 12.7. The van der Waals surface area contributed by atoms with E-state index in [0.29, 0.717) is 18.1 Å². The number of anilines is 1. The van der Waals surface area contributed by atoms with E-state index in [1.165, 1.54) is 35.4 Å². The topological polar surface area (TPSA) is 66.7 Å². The fourth-order valence-electron chi connectivity index (χ4n) is 5.88. The lowest BCUT2D eigenvalue weighted by Crippen LogP contribution is -2.39. The second-order valence-corrected chi connectivity index (χ2v) is 15.1. The fraction of sp³-hybridized carbons (Fsp3) is 0.310. The van der Waals surface area contributed by atoms with Crippen molar-refractivity contribution in [3.63, 3.8) is 0 Å². The normalized spacial score (nSPS) is 23.9. The van der Waals surface area contributed by atoms with Crippen LogP contribution in [0.5, 0.6) is 0 Å². The fourth-order valence-corrected chi connectivity index (χ4v) is 11.6. The van der Waals surface area contributed by atoms with Gasteiger partial charge in [-0.05, 0) is 42.0 Å². The average Bonchev–Trinajstić information content (AvgIpc) is 3.48. The molecule has 4 heterocycles. The van der Waals surface area contributed by atoms with Crippen molar-refractivity contribution in [1.29, 1.82) is 0 Å². The van der Waals surface area contributed by atoms with Gasteiger partial charge in [-0.3, -0.25) is 4.67 Å². The number of methoxy groups -OCH3 is 1. The molecule has 0 radical (unpaired) electrons. The van der Waals surface area contributed by atoms with Gasteiger partial charge in [-0.15, -0.1) is 11.3 Å². The predicted molar refractivity (Wildman–Crippen MR) is 164 cm³/mol. The van der Waals surface area contributed by atoms with Crippen molar-refractivity contribution in [1.82, 2.24) is 4.67 Å². The van der Waals surface area contributed by atoms with E-state index in [1.54, 1.807) is 0 Å². The summed E-state index contributed by atoms with van der Waals surface area (Å²) in [6.45, 7) is 7.28. The lowest BCUT2D eigenvalue weighted by molar-refractivity contribution is 0.0606. The molecule has 0 saturated carbocycles. The zero-order valence-corrected chi connectivity index (χ0v) is 25.6. The van der Waals surface area contributed by atoms with E-state index in [1.807, 2.05) is 36.5 Å². The minimum Gasteiger partial charge on any atom is -0.465 e. The van der Waals surface area contributed by atoms with Crippen molar-refractivity contribution >= 4 is 68.3 Å². The summed E-state index contributed by atoms with van der Waals surface area (Å²) >= 11 is 4.95. The molecule has 0 spiro atoms. The van der Waals surface area contributed by atoms with Crippen molar-refractivity contribution in [2.75, 3.05) is 45.4 Å². The van der Waals surface area contributed by atoms with Crippen LogP contribution in [0, 0.1) is 0 Å². The lowest BCUT2D eigenvalue weighted by Gasteiger charge is -2.43. The van der Waals surface area contributed by atoms with Gasteiger partial charge in [0, 0.05) is 58.2 Å². The number of nitrogens with zero attached hydrogens (tertiary/aromatic N) is 4. The van der Waals surface area contributed by atoms with E-state index in [-0.39, 0.29) is 11.4 Å². The summed E-state index contributed by atoms with van der Waals surface area (Å²) in [7, 11) is 0.885. The number of benzene rings is 2.